The molecular weight excluding hydrogens is 341 g/mol. The lowest BCUT2D eigenvalue weighted by Crippen LogP contribution is -2.12. The molecule has 0 aliphatic heterocycles. The van der Waals surface area contributed by atoms with Crippen molar-refractivity contribution in [3.05, 3.63) is 54.6 Å². The molecule has 0 spiro atoms. The second-order valence-electron chi connectivity index (χ2n) is 3.73. The van der Waals surface area contributed by atoms with Crippen molar-refractivity contribution in [3.8, 4) is 0 Å². The van der Waals surface area contributed by atoms with Crippen LogP contribution in [-0.2, 0) is 6.42 Å². The zero-order valence-electron chi connectivity index (χ0n) is 8.79. The van der Waals surface area contributed by atoms with Crippen LogP contribution in [0.4, 0.5) is 0 Å². The van der Waals surface area contributed by atoms with E-state index in [0.29, 0.717) is 10.0 Å². The highest BCUT2D eigenvalue weighted by Crippen LogP contribution is 2.29. The molecule has 90 valence electrons. The van der Waals surface area contributed by atoms with Crippen LogP contribution in [-0.4, -0.2) is 0 Å². The van der Waals surface area contributed by atoms with Gasteiger partial charge in [-0.25, -0.2) is 0 Å². The highest BCUT2D eigenvalue weighted by atomic mass is 79.9. The minimum Gasteiger partial charge on any atom is -0.324 e. The first kappa shape index (κ1) is 13.4. The smallest absolute Gasteiger partial charge is 0.0595 e. The number of nitrogens with two attached hydrogens (primary N) is 1. The lowest BCUT2D eigenvalue weighted by Gasteiger charge is -2.11. The number of benzene rings is 1. The Bertz CT molecular complexity index is 527. The molecule has 1 aromatic carbocycles. The monoisotopic (exact) mass is 349 g/mol. The molecule has 1 nitrogen and oxygen atoms in total. The molecule has 0 radical (unpaired) electrons. The Morgan fingerprint density at radius 2 is 2.00 bits per heavy atom. The predicted molar refractivity (Wildman–Crippen MR) is 79.1 cm³/mol. The fourth-order valence-electron chi connectivity index (χ4n) is 1.59. The van der Waals surface area contributed by atoms with E-state index in [0.717, 1.165) is 22.0 Å². The summed E-state index contributed by atoms with van der Waals surface area (Å²) in [6.07, 6.45) is 0.742. The van der Waals surface area contributed by atoms with Gasteiger partial charge in [0.1, 0.15) is 0 Å². The van der Waals surface area contributed by atoms with Crippen LogP contribution in [0.2, 0.25) is 10.0 Å². The maximum atomic E-state index is 6.16. The average Bonchev–Trinajstić information content (AvgIpc) is 2.70. The van der Waals surface area contributed by atoms with Gasteiger partial charge < -0.3 is 5.73 Å². The van der Waals surface area contributed by atoms with E-state index in [1.165, 1.54) is 0 Å². The van der Waals surface area contributed by atoms with E-state index in [1.54, 1.807) is 17.4 Å². The minimum absolute atomic E-state index is 0.0344. The van der Waals surface area contributed by atoms with Crippen LogP contribution >= 0.6 is 50.5 Å². The van der Waals surface area contributed by atoms with Gasteiger partial charge in [0.05, 0.1) is 10.0 Å². The Balaban J connectivity index is 2.16. The molecule has 0 aliphatic carbocycles. The SMILES string of the molecule is NC(Cc1ccc(Cl)c(Cl)c1)c1cscc1Br. The Kier molecular flexibility index (Phi) is 4.50. The van der Waals surface area contributed by atoms with Gasteiger partial charge in [0.15, 0.2) is 0 Å². The van der Waals surface area contributed by atoms with Gasteiger partial charge in [0.2, 0.25) is 0 Å². The standard InChI is InChI=1S/C12H10BrCl2NS/c13-9-6-17-5-8(9)12(16)4-7-1-2-10(14)11(15)3-7/h1-3,5-6,12H,4,16H2. The van der Waals surface area contributed by atoms with E-state index in [4.69, 9.17) is 28.9 Å². The summed E-state index contributed by atoms with van der Waals surface area (Å²) in [4.78, 5) is 0. The summed E-state index contributed by atoms with van der Waals surface area (Å²) in [6.45, 7) is 0. The lowest BCUT2D eigenvalue weighted by atomic mass is 10.0. The Hall–Kier alpha value is -0.0600. The third-order valence-corrected chi connectivity index (χ3v) is 4.97. The fraction of sp³-hybridized carbons (Fsp3) is 0.167. The summed E-state index contributed by atoms with van der Waals surface area (Å²) in [6, 6.07) is 5.58. The molecule has 5 heteroatoms. The molecule has 0 saturated heterocycles. The average molecular weight is 351 g/mol. The van der Waals surface area contributed by atoms with Gasteiger partial charge in [-0.15, -0.1) is 0 Å². The Morgan fingerprint density at radius 3 is 2.59 bits per heavy atom. The first-order chi connectivity index (χ1) is 8.08. The van der Waals surface area contributed by atoms with Crippen molar-refractivity contribution in [1.82, 2.24) is 0 Å². The van der Waals surface area contributed by atoms with Crippen LogP contribution in [0.5, 0.6) is 0 Å². The number of rotatable bonds is 3. The molecule has 0 saturated carbocycles. The Morgan fingerprint density at radius 1 is 1.24 bits per heavy atom. The molecule has 17 heavy (non-hydrogen) atoms. The van der Waals surface area contributed by atoms with E-state index >= 15 is 0 Å². The molecular formula is C12H10BrCl2NS. The summed E-state index contributed by atoms with van der Waals surface area (Å²) in [5, 5.41) is 5.23. The van der Waals surface area contributed by atoms with Gasteiger partial charge in [-0.2, -0.15) is 11.3 Å². The van der Waals surface area contributed by atoms with Gasteiger partial charge in [0, 0.05) is 15.9 Å². The van der Waals surface area contributed by atoms with E-state index in [1.807, 2.05) is 17.5 Å². The molecule has 1 unspecified atom stereocenters. The molecule has 2 N–H and O–H groups in total. The van der Waals surface area contributed by atoms with Gasteiger partial charge >= 0.3 is 0 Å². The molecule has 2 rings (SSSR count). The predicted octanol–water partition coefficient (Wildman–Crippen LogP) is 5.06. The van der Waals surface area contributed by atoms with E-state index < -0.39 is 0 Å². The number of thiophene rings is 1. The summed E-state index contributed by atoms with van der Waals surface area (Å²) in [7, 11) is 0. The molecule has 1 atom stereocenters. The highest BCUT2D eigenvalue weighted by Gasteiger charge is 2.12. The van der Waals surface area contributed by atoms with Gasteiger partial charge in [-0.05, 0) is 51.0 Å². The molecule has 0 bridgehead atoms. The molecule has 0 amide bonds. The molecule has 0 fully saturated rings. The third-order valence-electron chi connectivity index (χ3n) is 2.48. The van der Waals surface area contributed by atoms with Crippen molar-refractivity contribution in [2.45, 2.75) is 12.5 Å². The van der Waals surface area contributed by atoms with Crippen LogP contribution in [0.25, 0.3) is 0 Å². The Labute approximate surface area is 123 Å². The zero-order valence-corrected chi connectivity index (χ0v) is 12.7. The fourth-order valence-corrected chi connectivity index (χ4v) is 3.56. The maximum Gasteiger partial charge on any atom is 0.0595 e. The summed E-state index contributed by atoms with van der Waals surface area (Å²) >= 11 is 17.0. The molecule has 0 aliphatic rings. The number of hydrogen-bond acceptors (Lipinski definition) is 2. The zero-order chi connectivity index (χ0) is 12.4. The van der Waals surface area contributed by atoms with Crippen molar-refractivity contribution >= 4 is 50.5 Å². The van der Waals surface area contributed by atoms with Gasteiger partial charge in [-0.1, -0.05) is 29.3 Å². The van der Waals surface area contributed by atoms with Crippen molar-refractivity contribution in [2.24, 2.45) is 5.73 Å². The highest BCUT2D eigenvalue weighted by molar-refractivity contribution is 9.10. The van der Waals surface area contributed by atoms with Crippen molar-refractivity contribution in [3.63, 3.8) is 0 Å². The lowest BCUT2D eigenvalue weighted by molar-refractivity contribution is 0.722. The quantitative estimate of drug-likeness (QED) is 0.822. The van der Waals surface area contributed by atoms with E-state index in [-0.39, 0.29) is 6.04 Å². The minimum atomic E-state index is -0.0344. The van der Waals surface area contributed by atoms with E-state index in [9.17, 15) is 0 Å². The van der Waals surface area contributed by atoms with Crippen molar-refractivity contribution < 1.29 is 0 Å². The van der Waals surface area contributed by atoms with Gasteiger partial charge in [-0.3, -0.25) is 0 Å². The first-order valence-electron chi connectivity index (χ1n) is 4.99. The second-order valence-corrected chi connectivity index (χ2v) is 6.15. The van der Waals surface area contributed by atoms with Crippen LogP contribution in [0, 0.1) is 0 Å². The van der Waals surface area contributed by atoms with Crippen molar-refractivity contribution in [1.29, 1.82) is 0 Å². The van der Waals surface area contributed by atoms with Crippen molar-refractivity contribution in [2.75, 3.05) is 0 Å². The largest absolute Gasteiger partial charge is 0.324 e. The second kappa shape index (κ2) is 5.72. The van der Waals surface area contributed by atoms with Crippen LogP contribution < -0.4 is 5.73 Å². The summed E-state index contributed by atoms with van der Waals surface area (Å²) < 4.78 is 1.06. The summed E-state index contributed by atoms with van der Waals surface area (Å²) in [5.74, 6) is 0. The first-order valence-corrected chi connectivity index (χ1v) is 7.48. The van der Waals surface area contributed by atoms with Crippen LogP contribution in [0.3, 0.4) is 0 Å². The molecule has 2 aromatic rings. The summed E-state index contributed by atoms with van der Waals surface area (Å²) in [5.41, 5.74) is 8.37. The third kappa shape index (κ3) is 3.24. The normalized spacial score (nSPS) is 12.7. The van der Waals surface area contributed by atoms with Crippen LogP contribution in [0.1, 0.15) is 17.2 Å². The number of halogens is 3. The van der Waals surface area contributed by atoms with Gasteiger partial charge in [0.25, 0.3) is 0 Å². The van der Waals surface area contributed by atoms with Crippen LogP contribution in [0.15, 0.2) is 33.4 Å². The maximum absolute atomic E-state index is 6.16. The number of hydrogen-bond donors (Lipinski definition) is 1. The molecule has 1 heterocycles. The van der Waals surface area contributed by atoms with E-state index in [2.05, 4.69) is 21.3 Å². The topological polar surface area (TPSA) is 26.0 Å². The molecule has 1 aromatic heterocycles.